The molecular formula is C18H22BrN5. The van der Waals surface area contributed by atoms with Gasteiger partial charge in [0, 0.05) is 41.9 Å². The predicted octanol–water partition coefficient (Wildman–Crippen LogP) is 3.59. The fourth-order valence-electron chi connectivity index (χ4n) is 3.25. The van der Waals surface area contributed by atoms with Gasteiger partial charge in [0.05, 0.1) is 5.69 Å². The molecule has 1 aliphatic carbocycles. The third kappa shape index (κ3) is 4.11. The highest BCUT2D eigenvalue weighted by molar-refractivity contribution is 9.10. The zero-order valence-electron chi connectivity index (χ0n) is 13.7. The van der Waals surface area contributed by atoms with Crippen molar-refractivity contribution in [2.75, 3.05) is 18.4 Å². The van der Waals surface area contributed by atoms with Crippen LogP contribution in [0.5, 0.6) is 0 Å². The summed E-state index contributed by atoms with van der Waals surface area (Å²) >= 11 is 3.44. The maximum Gasteiger partial charge on any atom is 0.133 e. The van der Waals surface area contributed by atoms with Crippen molar-refractivity contribution in [3.05, 3.63) is 46.6 Å². The van der Waals surface area contributed by atoms with Gasteiger partial charge in [-0.2, -0.15) is 0 Å². The van der Waals surface area contributed by atoms with Crippen molar-refractivity contribution in [2.24, 2.45) is 0 Å². The van der Waals surface area contributed by atoms with Gasteiger partial charge in [-0.25, -0.2) is 9.97 Å². The third-order valence-corrected chi connectivity index (χ3v) is 5.12. The molecule has 0 spiro atoms. The Labute approximate surface area is 151 Å². The van der Waals surface area contributed by atoms with Crippen LogP contribution in [-0.4, -0.2) is 39.0 Å². The molecule has 3 heterocycles. The molecule has 6 heteroatoms. The summed E-state index contributed by atoms with van der Waals surface area (Å²) in [6.45, 7) is 3.07. The fourth-order valence-corrected chi connectivity index (χ4v) is 3.48. The first-order valence-corrected chi connectivity index (χ1v) is 9.48. The molecule has 0 amide bonds. The highest BCUT2D eigenvalue weighted by atomic mass is 79.9. The molecule has 1 unspecified atom stereocenters. The minimum atomic E-state index is 0.441. The van der Waals surface area contributed by atoms with E-state index in [9.17, 15) is 0 Å². The highest BCUT2D eigenvalue weighted by Crippen LogP contribution is 2.38. The lowest BCUT2D eigenvalue weighted by Crippen LogP contribution is -2.41. The summed E-state index contributed by atoms with van der Waals surface area (Å²) in [5, 5.41) is 3.61. The van der Waals surface area contributed by atoms with Gasteiger partial charge in [-0.3, -0.25) is 9.88 Å². The van der Waals surface area contributed by atoms with Crippen LogP contribution in [0.25, 0.3) is 0 Å². The van der Waals surface area contributed by atoms with Crippen LogP contribution in [-0.2, 0) is 6.54 Å². The second kappa shape index (κ2) is 7.15. The number of piperidine rings is 1. The number of aromatic nitrogens is 3. The molecule has 1 saturated carbocycles. The van der Waals surface area contributed by atoms with Crippen molar-refractivity contribution in [3.63, 3.8) is 0 Å². The Bertz CT molecular complexity index is 686. The first kappa shape index (κ1) is 16.0. The molecule has 0 radical (unpaired) electrons. The molecule has 2 aliphatic rings. The first-order valence-electron chi connectivity index (χ1n) is 8.68. The fraction of sp³-hybridized carbons (Fsp3) is 0.500. The van der Waals surface area contributed by atoms with Crippen molar-refractivity contribution >= 4 is 21.7 Å². The van der Waals surface area contributed by atoms with E-state index in [2.05, 4.69) is 53.2 Å². The van der Waals surface area contributed by atoms with Crippen molar-refractivity contribution in [1.82, 2.24) is 19.9 Å². The molecule has 24 heavy (non-hydrogen) atoms. The zero-order valence-corrected chi connectivity index (χ0v) is 15.2. The van der Waals surface area contributed by atoms with Crippen LogP contribution >= 0.6 is 15.9 Å². The summed E-state index contributed by atoms with van der Waals surface area (Å²) in [6.07, 6.45) is 8.62. The predicted molar refractivity (Wildman–Crippen MR) is 97.9 cm³/mol. The molecule has 2 fully saturated rings. The van der Waals surface area contributed by atoms with Crippen LogP contribution in [0.4, 0.5) is 5.82 Å². The Morgan fingerprint density at radius 1 is 1.17 bits per heavy atom. The zero-order chi connectivity index (χ0) is 16.4. The van der Waals surface area contributed by atoms with E-state index in [4.69, 9.17) is 0 Å². The summed E-state index contributed by atoms with van der Waals surface area (Å²) in [7, 11) is 0. The maximum atomic E-state index is 4.69. The lowest BCUT2D eigenvalue weighted by molar-refractivity contribution is 0.206. The van der Waals surface area contributed by atoms with Crippen molar-refractivity contribution in [2.45, 2.75) is 44.2 Å². The quantitative estimate of drug-likeness (QED) is 0.849. The number of nitrogens with zero attached hydrogens (tertiary/aromatic N) is 4. The Hall–Kier alpha value is -1.53. The third-order valence-electron chi connectivity index (χ3n) is 4.65. The monoisotopic (exact) mass is 387 g/mol. The average molecular weight is 388 g/mol. The second-order valence-electron chi connectivity index (χ2n) is 6.76. The maximum absolute atomic E-state index is 4.69. The van der Waals surface area contributed by atoms with Gasteiger partial charge in [0.15, 0.2) is 0 Å². The Balaban J connectivity index is 1.36. The number of hydrogen-bond donors (Lipinski definition) is 1. The molecule has 5 nitrogen and oxygen atoms in total. The number of anilines is 1. The van der Waals surface area contributed by atoms with Gasteiger partial charge in [0.25, 0.3) is 0 Å². The number of pyridine rings is 1. The lowest BCUT2D eigenvalue weighted by Gasteiger charge is -2.33. The molecule has 126 valence electrons. The molecular weight excluding hydrogens is 366 g/mol. The van der Waals surface area contributed by atoms with Gasteiger partial charge in [0.2, 0.25) is 0 Å². The van der Waals surface area contributed by atoms with E-state index in [-0.39, 0.29) is 0 Å². The van der Waals surface area contributed by atoms with Crippen LogP contribution in [0.15, 0.2) is 35.1 Å². The SMILES string of the molecule is Brc1ccc(CN2CCCC(Nc3ccnc(C4CC4)n3)C2)nc1. The Morgan fingerprint density at radius 2 is 2.08 bits per heavy atom. The normalized spacial score (nSPS) is 21.6. The summed E-state index contributed by atoms with van der Waals surface area (Å²) in [5.74, 6) is 2.57. The van der Waals surface area contributed by atoms with Gasteiger partial charge in [-0.1, -0.05) is 0 Å². The van der Waals surface area contributed by atoms with Gasteiger partial charge >= 0.3 is 0 Å². The molecule has 2 aromatic heterocycles. The Kier molecular flexibility index (Phi) is 4.76. The minimum absolute atomic E-state index is 0.441. The summed E-state index contributed by atoms with van der Waals surface area (Å²) in [4.78, 5) is 16.1. The van der Waals surface area contributed by atoms with Gasteiger partial charge in [0.1, 0.15) is 11.6 Å². The van der Waals surface area contributed by atoms with E-state index in [0.29, 0.717) is 12.0 Å². The van der Waals surface area contributed by atoms with Gasteiger partial charge in [-0.15, -0.1) is 0 Å². The standard InChI is InChI=1S/C18H22BrN5/c19-14-5-6-15(21-10-14)11-24-9-1-2-16(12-24)22-17-7-8-20-18(23-17)13-3-4-13/h5-8,10,13,16H,1-4,9,11-12H2,(H,20,22,23). The van der Waals surface area contributed by atoms with Crippen LogP contribution in [0.2, 0.25) is 0 Å². The molecule has 1 N–H and O–H groups in total. The van der Waals surface area contributed by atoms with Crippen molar-refractivity contribution in [1.29, 1.82) is 0 Å². The number of halogens is 1. The van der Waals surface area contributed by atoms with Crippen LogP contribution in [0.3, 0.4) is 0 Å². The molecule has 1 atom stereocenters. The summed E-state index contributed by atoms with van der Waals surface area (Å²) in [5.41, 5.74) is 1.12. The van der Waals surface area contributed by atoms with Crippen molar-refractivity contribution < 1.29 is 0 Å². The highest BCUT2D eigenvalue weighted by Gasteiger charge is 2.27. The topological polar surface area (TPSA) is 53.9 Å². The number of likely N-dealkylation sites (tertiary alicyclic amines) is 1. The molecule has 4 rings (SSSR count). The number of rotatable bonds is 5. The smallest absolute Gasteiger partial charge is 0.133 e. The Morgan fingerprint density at radius 3 is 2.88 bits per heavy atom. The second-order valence-corrected chi connectivity index (χ2v) is 7.68. The van der Waals surface area contributed by atoms with E-state index < -0.39 is 0 Å². The largest absolute Gasteiger partial charge is 0.366 e. The van der Waals surface area contributed by atoms with Gasteiger partial charge < -0.3 is 5.32 Å². The van der Waals surface area contributed by atoms with Crippen LogP contribution < -0.4 is 5.32 Å². The number of nitrogens with one attached hydrogen (secondary N) is 1. The summed E-state index contributed by atoms with van der Waals surface area (Å²) in [6, 6.07) is 6.58. The summed E-state index contributed by atoms with van der Waals surface area (Å²) < 4.78 is 1.03. The van der Waals surface area contributed by atoms with E-state index >= 15 is 0 Å². The molecule has 1 saturated heterocycles. The molecule has 0 aromatic carbocycles. The van der Waals surface area contributed by atoms with E-state index in [1.807, 2.05) is 18.5 Å². The molecule has 2 aromatic rings. The van der Waals surface area contributed by atoms with E-state index in [0.717, 1.165) is 41.4 Å². The number of hydrogen-bond acceptors (Lipinski definition) is 5. The average Bonchev–Trinajstić information content (AvgIpc) is 3.43. The van der Waals surface area contributed by atoms with Crippen LogP contribution in [0, 0.1) is 0 Å². The molecule has 0 bridgehead atoms. The first-order chi connectivity index (χ1) is 11.8. The molecule has 1 aliphatic heterocycles. The lowest BCUT2D eigenvalue weighted by atomic mass is 10.1. The van der Waals surface area contributed by atoms with Crippen molar-refractivity contribution in [3.8, 4) is 0 Å². The van der Waals surface area contributed by atoms with Gasteiger partial charge in [-0.05, 0) is 66.4 Å². The minimum Gasteiger partial charge on any atom is -0.366 e. The van der Waals surface area contributed by atoms with E-state index in [1.165, 1.54) is 25.7 Å². The van der Waals surface area contributed by atoms with E-state index in [1.54, 1.807) is 0 Å². The van der Waals surface area contributed by atoms with Crippen LogP contribution in [0.1, 0.15) is 43.1 Å².